The molecule has 5 heteroatoms. The Labute approximate surface area is 70.3 Å². The summed E-state index contributed by atoms with van der Waals surface area (Å²) in [6, 6.07) is 3.46. The van der Waals surface area contributed by atoms with Crippen molar-refractivity contribution in [1.29, 1.82) is 0 Å². The maximum atomic E-state index is 12.6. The highest BCUT2D eigenvalue weighted by molar-refractivity contribution is 7.79. The minimum atomic E-state index is -2.15. The molecule has 1 unspecified atom stereocenters. The third kappa shape index (κ3) is 1.99. The van der Waals surface area contributed by atoms with Crippen molar-refractivity contribution in [2.24, 2.45) is 0 Å². The topological polar surface area (TPSA) is 37.3 Å². The van der Waals surface area contributed by atoms with Gasteiger partial charge in [0.05, 0.1) is 9.92 Å². The Hall–Kier alpha value is -0.450. The molecule has 1 N–H and O–H groups in total. The van der Waals surface area contributed by atoms with Gasteiger partial charge in [-0.1, -0.05) is 11.6 Å². The molecule has 1 aromatic rings. The molecule has 0 radical (unpaired) electrons. The van der Waals surface area contributed by atoms with Gasteiger partial charge in [-0.15, -0.1) is 0 Å². The summed E-state index contributed by atoms with van der Waals surface area (Å²) in [7, 11) is 0. The van der Waals surface area contributed by atoms with E-state index in [0.717, 1.165) is 6.07 Å². The third-order valence-electron chi connectivity index (χ3n) is 1.09. The summed E-state index contributed by atoms with van der Waals surface area (Å²) in [4.78, 5) is 0.00639. The summed E-state index contributed by atoms with van der Waals surface area (Å²) in [6.07, 6.45) is 0. The second-order valence-corrected chi connectivity index (χ2v) is 3.20. The largest absolute Gasteiger partial charge is 0.302 e. The second-order valence-electron chi connectivity index (χ2n) is 1.83. The molecule has 0 amide bonds. The molecule has 60 valence electrons. The molecule has 1 aromatic carbocycles. The summed E-state index contributed by atoms with van der Waals surface area (Å²) in [6.45, 7) is 0. The zero-order chi connectivity index (χ0) is 8.43. The zero-order valence-electron chi connectivity index (χ0n) is 5.25. The molecule has 0 saturated carbocycles. The first-order valence-electron chi connectivity index (χ1n) is 2.67. The second kappa shape index (κ2) is 3.30. The first-order valence-corrected chi connectivity index (χ1v) is 4.15. The molecule has 0 bridgehead atoms. The lowest BCUT2D eigenvalue weighted by Gasteiger charge is -1.95. The van der Waals surface area contributed by atoms with E-state index in [2.05, 4.69) is 0 Å². The SMILES string of the molecule is O=S(O)c1ccc(Cl)c(F)c1. The number of hydrogen-bond acceptors (Lipinski definition) is 1. The van der Waals surface area contributed by atoms with Crippen LogP contribution in [-0.2, 0) is 11.1 Å². The predicted molar refractivity (Wildman–Crippen MR) is 40.4 cm³/mol. The smallest absolute Gasteiger partial charge is 0.186 e. The van der Waals surface area contributed by atoms with E-state index in [9.17, 15) is 8.60 Å². The fourth-order valence-electron chi connectivity index (χ4n) is 0.585. The highest BCUT2D eigenvalue weighted by Gasteiger charge is 2.03. The van der Waals surface area contributed by atoms with Crippen molar-refractivity contribution in [2.75, 3.05) is 0 Å². The van der Waals surface area contributed by atoms with Crippen LogP contribution in [0.5, 0.6) is 0 Å². The number of hydrogen-bond donors (Lipinski definition) is 1. The van der Waals surface area contributed by atoms with Gasteiger partial charge in [-0.25, -0.2) is 8.60 Å². The zero-order valence-corrected chi connectivity index (χ0v) is 6.82. The molecule has 1 rings (SSSR count). The van der Waals surface area contributed by atoms with E-state index in [1.54, 1.807) is 0 Å². The van der Waals surface area contributed by atoms with E-state index in [0.29, 0.717) is 0 Å². The molecule has 0 aliphatic heterocycles. The van der Waals surface area contributed by atoms with Gasteiger partial charge in [-0.05, 0) is 18.2 Å². The van der Waals surface area contributed by atoms with Crippen molar-refractivity contribution in [3.63, 3.8) is 0 Å². The Morgan fingerprint density at radius 3 is 2.64 bits per heavy atom. The molecule has 0 aliphatic carbocycles. The van der Waals surface area contributed by atoms with Crippen molar-refractivity contribution < 1.29 is 13.2 Å². The molecule has 2 nitrogen and oxygen atoms in total. The molecule has 0 heterocycles. The van der Waals surface area contributed by atoms with Gasteiger partial charge in [-0.3, -0.25) is 0 Å². The number of rotatable bonds is 1. The van der Waals surface area contributed by atoms with Crippen LogP contribution in [0.2, 0.25) is 5.02 Å². The number of benzene rings is 1. The lowest BCUT2D eigenvalue weighted by molar-refractivity contribution is 0.561. The monoisotopic (exact) mass is 194 g/mol. The van der Waals surface area contributed by atoms with Gasteiger partial charge in [0, 0.05) is 0 Å². The summed E-state index contributed by atoms with van der Waals surface area (Å²) in [5, 5.41) is -0.0563. The van der Waals surface area contributed by atoms with Gasteiger partial charge in [0.15, 0.2) is 11.1 Å². The van der Waals surface area contributed by atoms with Crippen LogP contribution < -0.4 is 0 Å². The van der Waals surface area contributed by atoms with Gasteiger partial charge < -0.3 is 4.55 Å². The Balaban J connectivity index is 3.15. The van der Waals surface area contributed by atoms with Crippen molar-refractivity contribution in [3.05, 3.63) is 29.0 Å². The van der Waals surface area contributed by atoms with Crippen LogP contribution in [-0.4, -0.2) is 8.76 Å². The van der Waals surface area contributed by atoms with Crippen molar-refractivity contribution in [2.45, 2.75) is 4.90 Å². The lowest BCUT2D eigenvalue weighted by atomic mass is 10.3. The first-order chi connectivity index (χ1) is 5.11. The van der Waals surface area contributed by atoms with Crippen LogP contribution in [0.15, 0.2) is 23.1 Å². The average Bonchev–Trinajstić information content (AvgIpc) is 1.94. The Morgan fingerprint density at radius 1 is 1.55 bits per heavy atom. The predicted octanol–water partition coefficient (Wildman–Crippen LogP) is 2.06. The van der Waals surface area contributed by atoms with Gasteiger partial charge in [-0.2, -0.15) is 0 Å². The van der Waals surface area contributed by atoms with Gasteiger partial charge in [0.2, 0.25) is 0 Å². The molecule has 0 spiro atoms. The van der Waals surface area contributed by atoms with E-state index in [-0.39, 0.29) is 9.92 Å². The van der Waals surface area contributed by atoms with Crippen LogP contribution in [0, 0.1) is 5.82 Å². The minimum absolute atomic E-state index is 0.00639. The standard InChI is InChI=1S/C6H4ClFO2S/c7-5-2-1-4(11(9)10)3-6(5)8/h1-3H,(H,9,10). The summed E-state index contributed by atoms with van der Waals surface area (Å²) in [5.74, 6) is -0.688. The van der Waals surface area contributed by atoms with E-state index in [1.807, 2.05) is 0 Å². The normalized spacial score (nSPS) is 13.0. The maximum absolute atomic E-state index is 12.6. The van der Waals surface area contributed by atoms with Crippen LogP contribution in [0.4, 0.5) is 4.39 Å². The summed E-state index contributed by atoms with van der Waals surface area (Å²) >= 11 is 3.18. The molecular weight excluding hydrogens is 191 g/mol. The fraction of sp³-hybridized carbons (Fsp3) is 0. The van der Waals surface area contributed by atoms with Crippen LogP contribution in [0.25, 0.3) is 0 Å². The fourth-order valence-corrected chi connectivity index (χ4v) is 1.09. The summed E-state index contributed by atoms with van der Waals surface area (Å²) in [5.41, 5.74) is 0. The van der Waals surface area contributed by atoms with Crippen molar-refractivity contribution >= 4 is 22.7 Å². The van der Waals surface area contributed by atoms with Crippen molar-refractivity contribution in [3.8, 4) is 0 Å². The molecule has 1 atom stereocenters. The van der Waals surface area contributed by atoms with E-state index >= 15 is 0 Å². The number of halogens is 2. The quantitative estimate of drug-likeness (QED) is 0.695. The molecule has 0 saturated heterocycles. The van der Waals surface area contributed by atoms with Gasteiger partial charge in [0.25, 0.3) is 0 Å². The van der Waals surface area contributed by atoms with Crippen molar-refractivity contribution in [1.82, 2.24) is 0 Å². The average molecular weight is 195 g/mol. The summed E-state index contributed by atoms with van der Waals surface area (Å²) < 4.78 is 31.4. The van der Waals surface area contributed by atoms with Crippen LogP contribution in [0.3, 0.4) is 0 Å². The van der Waals surface area contributed by atoms with Crippen LogP contribution >= 0.6 is 11.6 Å². The minimum Gasteiger partial charge on any atom is -0.302 e. The third-order valence-corrected chi connectivity index (χ3v) is 2.06. The van der Waals surface area contributed by atoms with Gasteiger partial charge >= 0.3 is 0 Å². The Bertz CT molecular complexity index is 303. The highest BCUT2D eigenvalue weighted by Crippen LogP contribution is 2.16. The van der Waals surface area contributed by atoms with Gasteiger partial charge in [0.1, 0.15) is 5.82 Å². The van der Waals surface area contributed by atoms with Crippen LogP contribution in [0.1, 0.15) is 0 Å². The molecular formula is C6H4ClFO2S. The van der Waals surface area contributed by atoms with E-state index < -0.39 is 16.9 Å². The van der Waals surface area contributed by atoms with E-state index in [1.165, 1.54) is 12.1 Å². The molecule has 0 aromatic heterocycles. The molecule has 0 aliphatic rings. The Kier molecular flexibility index (Phi) is 2.59. The maximum Gasteiger partial charge on any atom is 0.186 e. The molecule has 11 heavy (non-hydrogen) atoms. The first kappa shape index (κ1) is 8.64. The lowest BCUT2D eigenvalue weighted by Crippen LogP contribution is -1.89. The highest BCUT2D eigenvalue weighted by atomic mass is 35.5. The molecule has 0 fully saturated rings. The van der Waals surface area contributed by atoms with E-state index in [4.69, 9.17) is 16.2 Å². The Morgan fingerprint density at radius 2 is 2.18 bits per heavy atom.